The van der Waals surface area contributed by atoms with E-state index in [0.29, 0.717) is 6.54 Å². The van der Waals surface area contributed by atoms with Crippen LogP contribution in [0, 0.1) is 0 Å². The van der Waals surface area contributed by atoms with Gasteiger partial charge in [-0.05, 0) is 12.1 Å². The molecule has 4 nitrogen and oxygen atoms in total. The van der Waals surface area contributed by atoms with Gasteiger partial charge in [-0.15, -0.1) is 0 Å². The molecule has 0 radical (unpaired) electrons. The predicted octanol–water partition coefficient (Wildman–Crippen LogP) is 0.692. The number of nitrogens with zero attached hydrogens (tertiary/aromatic N) is 1. The number of hydrogen-bond donors (Lipinski definition) is 1. The molecule has 4 heteroatoms. The van der Waals surface area contributed by atoms with Gasteiger partial charge in [0.15, 0.2) is 0 Å². The summed E-state index contributed by atoms with van der Waals surface area (Å²) in [5.41, 5.74) is 3.52. The highest BCUT2D eigenvalue weighted by molar-refractivity contribution is 5.65. The molecule has 0 aliphatic rings. The molecule has 0 amide bonds. The Morgan fingerprint density at radius 3 is 3.08 bits per heavy atom. The van der Waals surface area contributed by atoms with E-state index in [0.717, 1.165) is 12.1 Å². The van der Waals surface area contributed by atoms with Crippen molar-refractivity contribution in [2.24, 2.45) is 0 Å². The summed E-state index contributed by atoms with van der Waals surface area (Å²) in [7, 11) is 0. The van der Waals surface area contributed by atoms with E-state index in [1.807, 2.05) is 18.2 Å². The predicted molar refractivity (Wildman–Crippen MR) is 47.7 cm³/mol. The molecule has 1 rings (SSSR count). The van der Waals surface area contributed by atoms with Crippen molar-refractivity contribution < 1.29 is 9.63 Å². The van der Waals surface area contributed by atoms with Gasteiger partial charge in [0.05, 0.1) is 0 Å². The van der Waals surface area contributed by atoms with Gasteiger partial charge in [-0.25, -0.2) is 0 Å². The van der Waals surface area contributed by atoms with Crippen LogP contribution in [-0.2, 0) is 16.1 Å². The maximum Gasteiger partial charge on any atom is 0.321 e. The zero-order valence-electron chi connectivity index (χ0n) is 7.49. The fourth-order valence-electron chi connectivity index (χ4n) is 0.878. The zero-order valence-corrected chi connectivity index (χ0v) is 7.49. The normalized spacial score (nSPS) is 9.62. The lowest BCUT2D eigenvalue weighted by Crippen LogP contribution is -2.20. The molecule has 0 aliphatic carbocycles. The second kappa shape index (κ2) is 5.27. The summed E-state index contributed by atoms with van der Waals surface area (Å²) >= 11 is 0. The lowest BCUT2D eigenvalue weighted by Gasteiger charge is -2.02. The molecule has 0 bridgehead atoms. The van der Waals surface area contributed by atoms with E-state index in [-0.39, 0.29) is 5.97 Å². The van der Waals surface area contributed by atoms with Crippen molar-refractivity contribution in [3.05, 3.63) is 30.1 Å². The SMILES string of the molecule is CC(=O)ONCCc1ccccn1. The standard InChI is InChI=1S/C9H12N2O2/c1-8(12)13-11-7-5-9-4-2-3-6-10-9/h2-4,6,11H,5,7H2,1H3. The van der Waals surface area contributed by atoms with Gasteiger partial charge in [0.2, 0.25) is 0 Å². The molecule has 0 fully saturated rings. The van der Waals surface area contributed by atoms with Gasteiger partial charge < -0.3 is 4.84 Å². The molecule has 1 N–H and O–H groups in total. The number of hydrogen-bond acceptors (Lipinski definition) is 4. The number of aromatic nitrogens is 1. The summed E-state index contributed by atoms with van der Waals surface area (Å²) in [4.78, 5) is 19.0. The summed E-state index contributed by atoms with van der Waals surface area (Å²) in [5.74, 6) is -0.332. The van der Waals surface area contributed by atoms with Gasteiger partial charge in [0.1, 0.15) is 0 Å². The van der Waals surface area contributed by atoms with Gasteiger partial charge in [-0.1, -0.05) is 6.07 Å². The zero-order chi connectivity index (χ0) is 9.52. The van der Waals surface area contributed by atoms with Crippen molar-refractivity contribution in [2.45, 2.75) is 13.3 Å². The van der Waals surface area contributed by atoms with Gasteiger partial charge in [0, 0.05) is 31.8 Å². The first kappa shape index (κ1) is 9.67. The number of nitrogens with one attached hydrogen (secondary N) is 1. The van der Waals surface area contributed by atoms with Crippen LogP contribution in [0.4, 0.5) is 0 Å². The molecule has 0 spiro atoms. The maximum absolute atomic E-state index is 10.4. The van der Waals surface area contributed by atoms with Crippen LogP contribution in [0.2, 0.25) is 0 Å². The fraction of sp³-hybridized carbons (Fsp3) is 0.333. The first-order valence-electron chi connectivity index (χ1n) is 4.09. The number of rotatable bonds is 4. The highest BCUT2D eigenvalue weighted by Gasteiger charge is 1.94. The van der Waals surface area contributed by atoms with Gasteiger partial charge in [-0.3, -0.25) is 9.78 Å². The molecule has 1 heterocycles. The average molecular weight is 180 g/mol. The van der Waals surface area contributed by atoms with Gasteiger partial charge >= 0.3 is 5.97 Å². The molecule has 0 saturated carbocycles. The van der Waals surface area contributed by atoms with Crippen LogP contribution in [-0.4, -0.2) is 17.5 Å². The Morgan fingerprint density at radius 2 is 2.46 bits per heavy atom. The average Bonchev–Trinajstić information content (AvgIpc) is 2.14. The smallest absolute Gasteiger partial charge is 0.321 e. The van der Waals surface area contributed by atoms with Crippen molar-refractivity contribution in [2.75, 3.05) is 6.54 Å². The number of hydroxylamine groups is 1. The third kappa shape index (κ3) is 4.22. The van der Waals surface area contributed by atoms with Crippen molar-refractivity contribution in [1.82, 2.24) is 10.5 Å². The van der Waals surface area contributed by atoms with Crippen LogP contribution in [0.1, 0.15) is 12.6 Å². The lowest BCUT2D eigenvalue weighted by molar-refractivity contribution is -0.148. The van der Waals surface area contributed by atoms with Crippen LogP contribution in [0.3, 0.4) is 0 Å². The minimum absolute atomic E-state index is 0.332. The Balaban J connectivity index is 2.17. The summed E-state index contributed by atoms with van der Waals surface area (Å²) < 4.78 is 0. The van der Waals surface area contributed by atoms with E-state index in [4.69, 9.17) is 0 Å². The van der Waals surface area contributed by atoms with Crippen LogP contribution >= 0.6 is 0 Å². The van der Waals surface area contributed by atoms with Gasteiger partial charge in [0.25, 0.3) is 0 Å². The third-order valence-corrected chi connectivity index (χ3v) is 1.43. The molecular formula is C9H12N2O2. The molecule has 1 aromatic rings. The van der Waals surface area contributed by atoms with E-state index in [9.17, 15) is 4.79 Å². The van der Waals surface area contributed by atoms with Crippen molar-refractivity contribution in [3.8, 4) is 0 Å². The number of pyridine rings is 1. The largest absolute Gasteiger partial charge is 0.371 e. The summed E-state index contributed by atoms with van der Waals surface area (Å²) in [6.45, 7) is 1.93. The Labute approximate surface area is 76.9 Å². The summed E-state index contributed by atoms with van der Waals surface area (Å²) in [6, 6.07) is 5.71. The van der Waals surface area contributed by atoms with Crippen molar-refractivity contribution in [1.29, 1.82) is 0 Å². The second-order valence-electron chi connectivity index (χ2n) is 2.56. The maximum atomic E-state index is 10.4. The van der Waals surface area contributed by atoms with E-state index in [1.54, 1.807) is 6.20 Å². The van der Waals surface area contributed by atoms with Crippen LogP contribution in [0.25, 0.3) is 0 Å². The van der Waals surface area contributed by atoms with Crippen LogP contribution < -0.4 is 5.48 Å². The Morgan fingerprint density at radius 1 is 1.62 bits per heavy atom. The van der Waals surface area contributed by atoms with E-state index in [2.05, 4.69) is 15.3 Å². The Kier molecular flexibility index (Phi) is 3.92. The molecule has 0 atom stereocenters. The molecule has 0 aliphatic heterocycles. The first-order chi connectivity index (χ1) is 6.29. The quantitative estimate of drug-likeness (QED) is 0.547. The monoisotopic (exact) mass is 180 g/mol. The molecule has 0 aromatic carbocycles. The minimum Gasteiger partial charge on any atom is -0.371 e. The molecule has 70 valence electrons. The molecule has 1 aromatic heterocycles. The Hall–Kier alpha value is -1.42. The molecular weight excluding hydrogens is 168 g/mol. The summed E-state index contributed by atoms with van der Waals surface area (Å²) in [5, 5.41) is 0. The van der Waals surface area contributed by atoms with E-state index < -0.39 is 0 Å². The second-order valence-corrected chi connectivity index (χ2v) is 2.56. The highest BCUT2D eigenvalue weighted by Crippen LogP contribution is 1.92. The lowest BCUT2D eigenvalue weighted by atomic mass is 10.3. The van der Waals surface area contributed by atoms with Crippen LogP contribution in [0.5, 0.6) is 0 Å². The molecule has 0 saturated heterocycles. The highest BCUT2D eigenvalue weighted by atomic mass is 16.7. The van der Waals surface area contributed by atoms with Crippen LogP contribution in [0.15, 0.2) is 24.4 Å². The van der Waals surface area contributed by atoms with Crippen molar-refractivity contribution >= 4 is 5.97 Å². The number of carbonyl (C=O) groups is 1. The summed E-state index contributed by atoms with van der Waals surface area (Å²) in [6.07, 6.45) is 2.48. The fourth-order valence-corrected chi connectivity index (χ4v) is 0.878. The number of carbonyl (C=O) groups excluding carboxylic acids is 1. The Bertz CT molecular complexity index is 262. The minimum atomic E-state index is -0.332. The van der Waals surface area contributed by atoms with Crippen molar-refractivity contribution in [3.63, 3.8) is 0 Å². The first-order valence-corrected chi connectivity index (χ1v) is 4.09. The van der Waals surface area contributed by atoms with Gasteiger partial charge in [-0.2, -0.15) is 5.48 Å². The van der Waals surface area contributed by atoms with E-state index in [1.165, 1.54) is 6.92 Å². The topological polar surface area (TPSA) is 51.2 Å². The molecule has 0 unspecified atom stereocenters. The molecule has 13 heavy (non-hydrogen) atoms. The van der Waals surface area contributed by atoms with E-state index >= 15 is 0 Å². The third-order valence-electron chi connectivity index (χ3n) is 1.43.